The van der Waals surface area contributed by atoms with Crippen molar-refractivity contribution in [3.63, 3.8) is 0 Å². The van der Waals surface area contributed by atoms with Crippen LogP contribution in [-0.4, -0.2) is 20.4 Å². The van der Waals surface area contributed by atoms with Gasteiger partial charge in [0.2, 0.25) is 5.95 Å². The maximum absolute atomic E-state index is 11.4. The average Bonchev–Trinajstić information content (AvgIpc) is 2.38. The van der Waals surface area contributed by atoms with Gasteiger partial charge in [-0.15, -0.1) is 6.42 Å². The SMILES string of the molecule is C#Cc1c(C)nc(N)nc1-c1ccc(S(C)=O)cc1. The molecule has 0 aliphatic carbocycles. The van der Waals surface area contributed by atoms with Crippen molar-refractivity contribution in [2.45, 2.75) is 11.8 Å². The molecule has 0 fully saturated rings. The van der Waals surface area contributed by atoms with Gasteiger partial charge in [0.05, 0.1) is 17.0 Å². The summed E-state index contributed by atoms with van der Waals surface area (Å²) in [4.78, 5) is 9.00. The summed E-state index contributed by atoms with van der Waals surface area (Å²) in [7, 11) is -1.01. The Hall–Kier alpha value is -2.19. The Balaban J connectivity index is 2.59. The van der Waals surface area contributed by atoms with E-state index < -0.39 is 10.8 Å². The van der Waals surface area contributed by atoms with Crippen molar-refractivity contribution in [3.05, 3.63) is 35.5 Å². The van der Waals surface area contributed by atoms with Crippen LogP contribution in [-0.2, 0) is 10.8 Å². The van der Waals surface area contributed by atoms with Crippen LogP contribution >= 0.6 is 0 Å². The molecule has 4 nitrogen and oxygen atoms in total. The largest absolute Gasteiger partial charge is 0.368 e. The summed E-state index contributed by atoms with van der Waals surface area (Å²) in [5.41, 5.74) is 8.42. The summed E-state index contributed by atoms with van der Waals surface area (Å²) in [6.07, 6.45) is 7.13. The predicted molar refractivity (Wildman–Crippen MR) is 76.9 cm³/mol. The van der Waals surface area contributed by atoms with Gasteiger partial charge in [-0.05, 0) is 19.1 Å². The smallest absolute Gasteiger partial charge is 0.220 e. The van der Waals surface area contributed by atoms with E-state index in [2.05, 4.69) is 15.9 Å². The standard InChI is InChI=1S/C14H13N3OS/c1-4-12-9(2)16-14(15)17-13(12)10-5-7-11(8-6-10)19(3)18/h1,5-8H,2-3H3,(H2,15,16,17). The number of hydrogen-bond acceptors (Lipinski definition) is 4. The highest BCUT2D eigenvalue weighted by Crippen LogP contribution is 2.24. The quantitative estimate of drug-likeness (QED) is 0.845. The summed E-state index contributed by atoms with van der Waals surface area (Å²) < 4.78 is 11.4. The van der Waals surface area contributed by atoms with Gasteiger partial charge in [0, 0.05) is 27.5 Å². The van der Waals surface area contributed by atoms with Gasteiger partial charge in [0.1, 0.15) is 0 Å². The Kier molecular flexibility index (Phi) is 3.63. The molecule has 1 atom stereocenters. The zero-order valence-corrected chi connectivity index (χ0v) is 11.5. The molecule has 0 bridgehead atoms. The Morgan fingerprint density at radius 3 is 2.42 bits per heavy atom. The highest BCUT2D eigenvalue weighted by Gasteiger charge is 2.11. The van der Waals surface area contributed by atoms with Crippen molar-refractivity contribution in [1.29, 1.82) is 0 Å². The van der Waals surface area contributed by atoms with Crippen molar-refractivity contribution < 1.29 is 4.21 Å². The van der Waals surface area contributed by atoms with Gasteiger partial charge < -0.3 is 5.73 Å². The van der Waals surface area contributed by atoms with E-state index >= 15 is 0 Å². The lowest BCUT2D eigenvalue weighted by atomic mass is 10.1. The third kappa shape index (κ3) is 2.64. The van der Waals surface area contributed by atoms with E-state index in [1.165, 1.54) is 0 Å². The molecule has 1 heterocycles. The topological polar surface area (TPSA) is 68.9 Å². The molecule has 2 rings (SSSR count). The lowest BCUT2D eigenvalue weighted by Gasteiger charge is -2.08. The highest BCUT2D eigenvalue weighted by atomic mass is 32.2. The maximum atomic E-state index is 11.4. The minimum Gasteiger partial charge on any atom is -0.368 e. The number of nitrogens with two attached hydrogens (primary N) is 1. The van der Waals surface area contributed by atoms with Gasteiger partial charge in [0.25, 0.3) is 0 Å². The minimum atomic E-state index is -1.01. The fraction of sp³-hybridized carbons (Fsp3) is 0.143. The Bertz CT molecular complexity index is 687. The fourth-order valence-corrected chi connectivity index (χ4v) is 2.30. The predicted octanol–water partition coefficient (Wildman–Crippen LogP) is 1.75. The number of hydrogen-bond donors (Lipinski definition) is 1. The number of nitrogens with zero attached hydrogens (tertiary/aromatic N) is 2. The van der Waals surface area contributed by atoms with Gasteiger partial charge >= 0.3 is 0 Å². The molecular weight excluding hydrogens is 258 g/mol. The normalized spacial score (nSPS) is 11.8. The van der Waals surface area contributed by atoms with E-state index in [9.17, 15) is 4.21 Å². The molecule has 2 aromatic rings. The molecule has 96 valence electrons. The lowest BCUT2D eigenvalue weighted by molar-refractivity contribution is 0.687. The van der Waals surface area contributed by atoms with Crippen molar-refractivity contribution in [2.75, 3.05) is 12.0 Å². The van der Waals surface area contributed by atoms with Crippen molar-refractivity contribution in [1.82, 2.24) is 9.97 Å². The van der Waals surface area contributed by atoms with Crippen LogP contribution in [0.5, 0.6) is 0 Å². The molecule has 0 radical (unpaired) electrons. The van der Waals surface area contributed by atoms with Crippen LogP contribution in [0.15, 0.2) is 29.2 Å². The molecule has 19 heavy (non-hydrogen) atoms. The molecule has 0 aliphatic rings. The first-order chi connectivity index (χ1) is 9.02. The number of terminal acetylenes is 1. The molecule has 2 N–H and O–H groups in total. The van der Waals surface area contributed by atoms with Gasteiger partial charge in [-0.1, -0.05) is 18.1 Å². The van der Waals surface area contributed by atoms with Crippen LogP contribution in [0.25, 0.3) is 11.3 Å². The highest BCUT2D eigenvalue weighted by molar-refractivity contribution is 7.84. The monoisotopic (exact) mass is 271 g/mol. The van der Waals surface area contributed by atoms with E-state index in [4.69, 9.17) is 12.2 Å². The zero-order chi connectivity index (χ0) is 14.0. The Morgan fingerprint density at radius 1 is 1.26 bits per heavy atom. The molecule has 0 saturated carbocycles. The third-order valence-corrected chi connectivity index (χ3v) is 3.65. The van der Waals surface area contributed by atoms with Crippen molar-refractivity contribution >= 4 is 16.7 Å². The van der Waals surface area contributed by atoms with E-state index in [1.54, 1.807) is 25.3 Å². The number of rotatable bonds is 2. The van der Waals surface area contributed by atoms with E-state index in [0.29, 0.717) is 17.0 Å². The van der Waals surface area contributed by atoms with Crippen LogP contribution in [0.2, 0.25) is 0 Å². The minimum absolute atomic E-state index is 0.189. The van der Waals surface area contributed by atoms with E-state index in [0.717, 1.165) is 10.5 Å². The second kappa shape index (κ2) is 5.21. The van der Waals surface area contributed by atoms with Crippen LogP contribution < -0.4 is 5.73 Å². The average molecular weight is 271 g/mol. The van der Waals surface area contributed by atoms with Crippen LogP contribution in [0.1, 0.15) is 11.3 Å². The van der Waals surface area contributed by atoms with Gasteiger partial charge in [-0.2, -0.15) is 0 Å². The van der Waals surface area contributed by atoms with E-state index in [-0.39, 0.29) is 5.95 Å². The number of aromatic nitrogens is 2. The summed E-state index contributed by atoms with van der Waals surface area (Å²) in [6.45, 7) is 1.80. The third-order valence-electron chi connectivity index (χ3n) is 2.71. The summed E-state index contributed by atoms with van der Waals surface area (Å²) in [5.74, 6) is 2.78. The number of benzene rings is 1. The molecule has 5 heteroatoms. The second-order valence-electron chi connectivity index (χ2n) is 4.01. The molecule has 0 saturated heterocycles. The number of nitrogen functional groups attached to an aromatic ring is 1. The number of aryl methyl sites for hydroxylation is 1. The van der Waals surface area contributed by atoms with Crippen LogP contribution in [0.4, 0.5) is 5.95 Å². The van der Waals surface area contributed by atoms with E-state index in [1.807, 2.05) is 12.1 Å². The van der Waals surface area contributed by atoms with Crippen molar-refractivity contribution in [2.24, 2.45) is 0 Å². The second-order valence-corrected chi connectivity index (χ2v) is 5.39. The lowest BCUT2D eigenvalue weighted by Crippen LogP contribution is -2.02. The maximum Gasteiger partial charge on any atom is 0.220 e. The molecule has 1 aromatic carbocycles. The Morgan fingerprint density at radius 2 is 1.89 bits per heavy atom. The zero-order valence-electron chi connectivity index (χ0n) is 10.7. The first-order valence-electron chi connectivity index (χ1n) is 5.57. The van der Waals surface area contributed by atoms with Crippen LogP contribution in [0, 0.1) is 19.3 Å². The molecule has 1 aromatic heterocycles. The van der Waals surface area contributed by atoms with Crippen LogP contribution in [0.3, 0.4) is 0 Å². The molecule has 1 unspecified atom stereocenters. The summed E-state index contributed by atoms with van der Waals surface area (Å²) in [6, 6.07) is 7.25. The first-order valence-corrected chi connectivity index (χ1v) is 7.13. The number of anilines is 1. The van der Waals surface area contributed by atoms with Gasteiger partial charge in [-0.3, -0.25) is 4.21 Å². The fourth-order valence-electron chi connectivity index (χ4n) is 1.78. The first kappa shape index (κ1) is 13.2. The molecule has 0 aliphatic heterocycles. The van der Waals surface area contributed by atoms with Crippen molar-refractivity contribution in [3.8, 4) is 23.6 Å². The summed E-state index contributed by atoms with van der Waals surface area (Å²) >= 11 is 0. The van der Waals surface area contributed by atoms with Gasteiger partial charge in [-0.25, -0.2) is 9.97 Å². The molecule has 0 spiro atoms. The summed E-state index contributed by atoms with van der Waals surface area (Å²) in [5, 5.41) is 0. The molecular formula is C14H13N3OS. The Labute approximate surface area is 114 Å². The molecule has 0 amide bonds. The van der Waals surface area contributed by atoms with Gasteiger partial charge in [0.15, 0.2) is 0 Å².